The van der Waals surface area contributed by atoms with E-state index in [1.807, 2.05) is 12.1 Å². The van der Waals surface area contributed by atoms with Crippen LogP contribution in [0.5, 0.6) is 0 Å². The minimum atomic E-state index is -0.309. The Hall–Kier alpha value is -3.56. The lowest BCUT2D eigenvalue weighted by molar-refractivity contribution is 0.292. The number of halogens is 1. The highest BCUT2D eigenvalue weighted by Crippen LogP contribution is 2.37. The Labute approximate surface area is 184 Å². The number of hydrogen-bond donors (Lipinski definition) is 5. The number of aromatic amines is 1. The van der Waals surface area contributed by atoms with E-state index in [9.17, 15) is 4.39 Å². The molecule has 0 atom stereocenters. The predicted molar refractivity (Wildman–Crippen MR) is 123 cm³/mol. The van der Waals surface area contributed by atoms with Gasteiger partial charge in [-0.3, -0.25) is 0 Å². The average molecular weight is 436 g/mol. The van der Waals surface area contributed by atoms with Crippen molar-refractivity contribution in [3.63, 3.8) is 0 Å². The van der Waals surface area contributed by atoms with Gasteiger partial charge in [-0.15, -0.1) is 0 Å². The van der Waals surface area contributed by atoms with Crippen molar-refractivity contribution in [2.24, 2.45) is 0 Å². The van der Waals surface area contributed by atoms with Crippen molar-refractivity contribution in [1.29, 1.82) is 0 Å². The predicted octanol–water partition coefficient (Wildman–Crippen LogP) is 3.41. The highest BCUT2D eigenvalue weighted by atomic mass is 19.1. The molecule has 9 heteroatoms. The number of anilines is 2. The van der Waals surface area contributed by atoms with Gasteiger partial charge in [0, 0.05) is 43.6 Å². The average Bonchev–Trinajstić information content (AvgIpc) is 3.19. The molecule has 5 N–H and O–H groups in total. The van der Waals surface area contributed by atoms with E-state index in [1.54, 1.807) is 24.5 Å². The van der Waals surface area contributed by atoms with Gasteiger partial charge in [0.05, 0.1) is 11.9 Å². The summed E-state index contributed by atoms with van der Waals surface area (Å²) in [5.41, 5.74) is 4.58. The molecule has 4 aromatic rings. The maximum atomic E-state index is 13.6. The third-order valence-electron chi connectivity index (χ3n) is 4.97. The zero-order chi connectivity index (χ0) is 22.3. The molecule has 0 saturated carbocycles. The smallest absolute Gasteiger partial charge is 0.159 e. The Morgan fingerprint density at radius 3 is 2.31 bits per heavy atom. The van der Waals surface area contributed by atoms with Crippen LogP contribution in [0.2, 0.25) is 0 Å². The molecule has 166 valence electrons. The lowest BCUT2D eigenvalue weighted by Gasteiger charge is -2.08. The molecule has 3 heterocycles. The zero-order valence-corrected chi connectivity index (χ0v) is 17.5. The van der Waals surface area contributed by atoms with E-state index in [4.69, 9.17) is 10.2 Å². The van der Waals surface area contributed by atoms with Gasteiger partial charge < -0.3 is 25.8 Å². The summed E-state index contributed by atoms with van der Waals surface area (Å²) >= 11 is 0. The maximum absolute atomic E-state index is 13.6. The van der Waals surface area contributed by atoms with Crippen molar-refractivity contribution < 1.29 is 14.6 Å². The van der Waals surface area contributed by atoms with Crippen LogP contribution in [-0.4, -0.2) is 56.5 Å². The Kier molecular flexibility index (Phi) is 6.88. The van der Waals surface area contributed by atoms with Crippen molar-refractivity contribution in [3.8, 4) is 22.4 Å². The number of aliphatic hydroxyl groups excluding tert-OH is 2. The van der Waals surface area contributed by atoms with Crippen molar-refractivity contribution >= 4 is 22.8 Å². The summed E-state index contributed by atoms with van der Waals surface area (Å²) in [7, 11) is 0. The normalized spacial score (nSPS) is 11.1. The first-order valence-electron chi connectivity index (χ1n) is 10.5. The van der Waals surface area contributed by atoms with Crippen LogP contribution in [0.25, 0.3) is 33.5 Å². The van der Waals surface area contributed by atoms with Gasteiger partial charge >= 0.3 is 0 Å². The van der Waals surface area contributed by atoms with Crippen LogP contribution in [0.15, 0.2) is 48.8 Å². The summed E-state index contributed by atoms with van der Waals surface area (Å²) in [6.07, 6.45) is 4.59. The van der Waals surface area contributed by atoms with E-state index < -0.39 is 0 Å². The summed E-state index contributed by atoms with van der Waals surface area (Å²) in [4.78, 5) is 17.0. The van der Waals surface area contributed by atoms with Gasteiger partial charge in [0.1, 0.15) is 23.0 Å². The standard InChI is InChI=1S/C23H25FN6O2/c24-17-5-3-15(4-6-17)20-21(16-7-10-27-18(13-16)25-8-1-11-31)30-23-22(20)28-14-19(29-23)26-9-2-12-32/h3-7,10,13-14,31-32H,1-2,8-9,11-12H2,(H,25,27)(H2,26,29,30). The fraction of sp³-hybridized carbons (Fsp3) is 0.261. The number of benzene rings is 1. The highest BCUT2D eigenvalue weighted by molar-refractivity contribution is 6.00. The molecule has 1 aromatic carbocycles. The summed E-state index contributed by atoms with van der Waals surface area (Å²) in [6, 6.07) is 10.1. The van der Waals surface area contributed by atoms with E-state index in [2.05, 4.69) is 30.6 Å². The molecule has 0 aliphatic rings. The van der Waals surface area contributed by atoms with Crippen LogP contribution in [0.4, 0.5) is 16.0 Å². The van der Waals surface area contributed by atoms with E-state index in [-0.39, 0.29) is 19.0 Å². The van der Waals surface area contributed by atoms with Gasteiger partial charge in [-0.1, -0.05) is 12.1 Å². The largest absolute Gasteiger partial charge is 0.396 e. The Morgan fingerprint density at radius 2 is 1.59 bits per heavy atom. The van der Waals surface area contributed by atoms with Gasteiger partial charge in [-0.05, 0) is 42.7 Å². The quantitative estimate of drug-likeness (QED) is 0.242. The molecular weight excluding hydrogens is 411 g/mol. The van der Waals surface area contributed by atoms with E-state index >= 15 is 0 Å². The fourth-order valence-corrected chi connectivity index (χ4v) is 3.43. The summed E-state index contributed by atoms with van der Waals surface area (Å²) in [5, 5.41) is 24.3. The second-order valence-corrected chi connectivity index (χ2v) is 7.27. The first-order valence-corrected chi connectivity index (χ1v) is 10.5. The number of pyridine rings is 1. The lowest BCUT2D eigenvalue weighted by atomic mass is 10.0. The molecule has 4 rings (SSSR count). The molecule has 0 spiro atoms. The Bertz CT molecular complexity index is 1180. The molecule has 0 amide bonds. The monoisotopic (exact) mass is 436 g/mol. The van der Waals surface area contributed by atoms with Crippen molar-refractivity contribution in [1.82, 2.24) is 19.9 Å². The number of nitrogens with one attached hydrogen (secondary N) is 3. The molecule has 0 fully saturated rings. The minimum absolute atomic E-state index is 0.0980. The minimum Gasteiger partial charge on any atom is -0.396 e. The van der Waals surface area contributed by atoms with Crippen LogP contribution in [0.3, 0.4) is 0 Å². The van der Waals surface area contributed by atoms with Crippen molar-refractivity contribution in [2.75, 3.05) is 36.9 Å². The van der Waals surface area contributed by atoms with E-state index in [0.29, 0.717) is 48.7 Å². The number of aromatic nitrogens is 4. The van der Waals surface area contributed by atoms with Gasteiger partial charge in [-0.25, -0.2) is 19.3 Å². The molecule has 8 nitrogen and oxygen atoms in total. The van der Waals surface area contributed by atoms with Gasteiger partial charge in [0.2, 0.25) is 0 Å². The summed E-state index contributed by atoms with van der Waals surface area (Å²) in [6.45, 7) is 1.40. The van der Waals surface area contributed by atoms with Crippen LogP contribution < -0.4 is 10.6 Å². The van der Waals surface area contributed by atoms with Crippen LogP contribution in [0.1, 0.15) is 12.8 Å². The Morgan fingerprint density at radius 1 is 0.875 bits per heavy atom. The number of fused-ring (bicyclic) bond motifs is 1. The van der Waals surface area contributed by atoms with Gasteiger partial charge in [-0.2, -0.15) is 0 Å². The maximum Gasteiger partial charge on any atom is 0.159 e. The third kappa shape index (κ3) is 4.84. The number of H-pyrrole nitrogens is 1. The molecule has 0 bridgehead atoms. The number of rotatable bonds is 10. The summed E-state index contributed by atoms with van der Waals surface area (Å²) in [5.74, 6) is 0.980. The fourth-order valence-electron chi connectivity index (χ4n) is 3.43. The molecule has 0 aliphatic carbocycles. The first-order chi connectivity index (χ1) is 15.7. The molecule has 0 radical (unpaired) electrons. The molecule has 3 aromatic heterocycles. The third-order valence-corrected chi connectivity index (χ3v) is 4.97. The molecule has 0 unspecified atom stereocenters. The van der Waals surface area contributed by atoms with E-state index in [1.165, 1.54) is 12.1 Å². The number of hydrogen-bond acceptors (Lipinski definition) is 7. The van der Waals surface area contributed by atoms with Gasteiger partial charge in [0.15, 0.2) is 5.65 Å². The number of aliphatic hydroxyl groups is 2. The number of nitrogens with zero attached hydrogens (tertiary/aromatic N) is 3. The SMILES string of the molecule is OCCCNc1cc(-c2[nH]c3nc(NCCCO)cnc3c2-c2ccc(F)cc2)ccn1. The van der Waals surface area contributed by atoms with Crippen LogP contribution >= 0.6 is 0 Å². The van der Waals surface area contributed by atoms with Crippen molar-refractivity contribution in [2.45, 2.75) is 12.8 Å². The van der Waals surface area contributed by atoms with E-state index in [0.717, 1.165) is 22.4 Å². The second kappa shape index (κ2) is 10.2. The van der Waals surface area contributed by atoms with Gasteiger partial charge in [0.25, 0.3) is 0 Å². The lowest BCUT2D eigenvalue weighted by Crippen LogP contribution is -2.05. The molecule has 32 heavy (non-hydrogen) atoms. The first kappa shape index (κ1) is 21.7. The topological polar surface area (TPSA) is 119 Å². The van der Waals surface area contributed by atoms with Crippen molar-refractivity contribution in [3.05, 3.63) is 54.6 Å². The van der Waals surface area contributed by atoms with Crippen LogP contribution in [0, 0.1) is 5.82 Å². The molecular formula is C23H25FN6O2. The molecule has 0 aliphatic heterocycles. The zero-order valence-electron chi connectivity index (χ0n) is 17.5. The summed E-state index contributed by atoms with van der Waals surface area (Å²) < 4.78 is 13.6. The highest BCUT2D eigenvalue weighted by Gasteiger charge is 2.18. The van der Waals surface area contributed by atoms with Crippen LogP contribution in [-0.2, 0) is 0 Å². The Balaban J connectivity index is 1.78. The second-order valence-electron chi connectivity index (χ2n) is 7.27. The molecule has 0 saturated heterocycles.